The van der Waals surface area contributed by atoms with Crippen molar-refractivity contribution in [1.82, 2.24) is 14.7 Å². The summed E-state index contributed by atoms with van der Waals surface area (Å²) in [5.41, 5.74) is -0.275. The molecule has 3 amide bonds. The lowest BCUT2D eigenvalue weighted by Crippen LogP contribution is -2.60. The number of ether oxygens (including phenoxy) is 1. The van der Waals surface area contributed by atoms with E-state index in [4.69, 9.17) is 4.74 Å². The number of aromatic nitrogens is 2. The van der Waals surface area contributed by atoms with E-state index in [0.29, 0.717) is 41.7 Å². The molecule has 2 aliphatic rings. The highest BCUT2D eigenvalue weighted by atomic mass is 19.1. The summed E-state index contributed by atoms with van der Waals surface area (Å²) in [6.45, 7) is 3.75. The van der Waals surface area contributed by atoms with E-state index < -0.39 is 34.8 Å². The lowest BCUT2D eigenvalue weighted by Gasteiger charge is -2.45. The number of halogens is 2. The van der Waals surface area contributed by atoms with Crippen molar-refractivity contribution in [2.45, 2.75) is 25.4 Å². The van der Waals surface area contributed by atoms with Crippen molar-refractivity contribution in [1.29, 1.82) is 0 Å². The number of urea groups is 1. The summed E-state index contributed by atoms with van der Waals surface area (Å²) in [7, 11) is 1.51. The average Bonchev–Trinajstić information content (AvgIpc) is 3.31. The first-order valence-electron chi connectivity index (χ1n) is 11.5. The molecule has 1 atom stereocenters. The first-order valence-corrected chi connectivity index (χ1v) is 11.5. The van der Waals surface area contributed by atoms with Gasteiger partial charge in [-0.25, -0.2) is 18.5 Å². The minimum Gasteiger partial charge on any atom is -0.381 e. The molecule has 184 valence electrons. The van der Waals surface area contributed by atoms with Crippen LogP contribution in [0.2, 0.25) is 0 Å². The molecule has 0 radical (unpaired) electrons. The summed E-state index contributed by atoms with van der Waals surface area (Å²) in [4.78, 5) is 28.3. The number of benzene rings is 2. The van der Waals surface area contributed by atoms with Gasteiger partial charge in [-0.15, -0.1) is 0 Å². The van der Waals surface area contributed by atoms with Crippen molar-refractivity contribution in [2.24, 2.45) is 5.92 Å². The quantitative estimate of drug-likeness (QED) is 0.520. The summed E-state index contributed by atoms with van der Waals surface area (Å²) >= 11 is 0. The normalized spacial score (nSPS) is 20.2. The van der Waals surface area contributed by atoms with E-state index in [-0.39, 0.29) is 12.0 Å². The van der Waals surface area contributed by atoms with E-state index in [1.54, 1.807) is 48.3 Å². The van der Waals surface area contributed by atoms with Crippen molar-refractivity contribution < 1.29 is 23.1 Å². The van der Waals surface area contributed by atoms with Crippen LogP contribution in [-0.2, 0) is 21.6 Å². The molecule has 2 aromatic carbocycles. The second kappa shape index (κ2) is 9.21. The third kappa shape index (κ3) is 4.25. The van der Waals surface area contributed by atoms with E-state index >= 15 is 8.78 Å². The Kier molecular flexibility index (Phi) is 6.06. The molecule has 0 spiro atoms. The van der Waals surface area contributed by atoms with E-state index in [2.05, 4.69) is 16.9 Å². The SMILES string of the molecule is CN1C(=O)N(c2c(F)cc(C#Cc3ccccc3)cc2F)C(=O)C[C@@]1(C)c1cnn(CC2COC2)c1. The van der Waals surface area contributed by atoms with Gasteiger partial charge in [-0.1, -0.05) is 30.0 Å². The average molecular weight is 491 g/mol. The monoisotopic (exact) mass is 490 g/mol. The lowest BCUT2D eigenvalue weighted by atomic mass is 9.87. The van der Waals surface area contributed by atoms with E-state index in [0.717, 1.165) is 12.1 Å². The highest BCUT2D eigenvalue weighted by Gasteiger charge is 2.48. The van der Waals surface area contributed by atoms with Crippen LogP contribution in [-0.4, -0.2) is 46.9 Å². The predicted molar refractivity (Wildman–Crippen MR) is 128 cm³/mol. The molecule has 5 rings (SSSR count). The standard InChI is InChI=1S/C27H24F2N4O3/c1-27(21-13-30-32(15-21)14-20-16-36-17-20)12-24(34)33(26(35)31(27)2)25-22(28)10-19(11-23(25)29)9-8-18-6-4-3-5-7-18/h3-7,10-11,13,15,20H,12,14,16-17H2,1-2H3/t27-/m0/s1. The van der Waals surface area contributed by atoms with E-state index in [1.165, 1.54) is 11.9 Å². The summed E-state index contributed by atoms with van der Waals surface area (Å²) in [6.07, 6.45) is 3.25. The summed E-state index contributed by atoms with van der Waals surface area (Å²) < 4.78 is 37.1. The Labute approximate surface area is 207 Å². The van der Waals surface area contributed by atoms with Crippen molar-refractivity contribution in [3.05, 3.63) is 83.2 Å². The Morgan fingerprint density at radius 2 is 1.75 bits per heavy atom. The Morgan fingerprint density at radius 3 is 2.39 bits per heavy atom. The molecular weight excluding hydrogens is 466 g/mol. The van der Waals surface area contributed by atoms with E-state index in [1.807, 2.05) is 6.07 Å². The van der Waals surface area contributed by atoms with Crippen LogP contribution in [0.5, 0.6) is 0 Å². The fourth-order valence-electron chi connectivity index (χ4n) is 4.39. The fraction of sp³-hybridized carbons (Fsp3) is 0.296. The minimum absolute atomic E-state index is 0.0944. The van der Waals surface area contributed by atoms with Gasteiger partial charge in [0, 0.05) is 42.4 Å². The smallest absolute Gasteiger partial charge is 0.332 e. The number of anilines is 1. The van der Waals surface area contributed by atoms with Crippen molar-refractivity contribution in [2.75, 3.05) is 25.2 Å². The lowest BCUT2D eigenvalue weighted by molar-refractivity contribution is -0.122. The van der Waals surface area contributed by atoms with Crippen molar-refractivity contribution >= 4 is 17.6 Å². The number of nitrogens with zero attached hydrogens (tertiary/aromatic N) is 4. The molecule has 0 unspecified atom stereocenters. The zero-order chi connectivity index (χ0) is 25.4. The van der Waals surface area contributed by atoms with Crippen LogP contribution in [0.1, 0.15) is 30.0 Å². The van der Waals surface area contributed by atoms with Gasteiger partial charge >= 0.3 is 6.03 Å². The molecule has 9 heteroatoms. The number of hydrogen-bond donors (Lipinski definition) is 0. The van der Waals surface area contributed by atoms with Crippen molar-refractivity contribution in [3.8, 4) is 11.8 Å². The highest BCUT2D eigenvalue weighted by Crippen LogP contribution is 2.39. The van der Waals surface area contributed by atoms with Crippen LogP contribution in [0.25, 0.3) is 0 Å². The van der Waals surface area contributed by atoms with Gasteiger partial charge < -0.3 is 9.64 Å². The maximum atomic E-state index is 15.1. The largest absolute Gasteiger partial charge is 0.381 e. The molecule has 36 heavy (non-hydrogen) atoms. The molecule has 2 fully saturated rings. The minimum atomic E-state index is -1.04. The van der Waals surface area contributed by atoms with Crippen LogP contribution < -0.4 is 4.90 Å². The van der Waals surface area contributed by atoms with Gasteiger partial charge in [0.05, 0.1) is 31.4 Å². The van der Waals surface area contributed by atoms with Gasteiger partial charge in [-0.3, -0.25) is 9.48 Å². The molecule has 2 saturated heterocycles. The zero-order valence-corrected chi connectivity index (χ0v) is 19.9. The number of carbonyl (C=O) groups excluding carboxylic acids is 2. The molecule has 3 heterocycles. The van der Waals surface area contributed by atoms with Gasteiger partial charge in [-0.2, -0.15) is 5.10 Å². The zero-order valence-electron chi connectivity index (χ0n) is 19.9. The summed E-state index contributed by atoms with van der Waals surface area (Å²) in [5.74, 6) is 3.14. The molecule has 2 aliphatic heterocycles. The summed E-state index contributed by atoms with van der Waals surface area (Å²) in [6, 6.07) is 10.2. The Hall–Kier alpha value is -4.03. The molecule has 0 aliphatic carbocycles. The number of carbonyl (C=O) groups is 2. The summed E-state index contributed by atoms with van der Waals surface area (Å²) in [5, 5.41) is 4.36. The third-order valence-electron chi connectivity index (χ3n) is 6.74. The number of hydrogen-bond acceptors (Lipinski definition) is 4. The first-order chi connectivity index (χ1) is 17.3. The Morgan fingerprint density at radius 1 is 1.08 bits per heavy atom. The van der Waals surface area contributed by atoms with Gasteiger partial charge in [-0.05, 0) is 31.2 Å². The van der Waals surface area contributed by atoms with Gasteiger partial charge in [0.25, 0.3) is 0 Å². The molecule has 3 aromatic rings. The predicted octanol–water partition coefficient (Wildman–Crippen LogP) is 3.91. The van der Waals surface area contributed by atoms with E-state index in [9.17, 15) is 9.59 Å². The van der Waals surface area contributed by atoms with Crippen LogP contribution in [0.3, 0.4) is 0 Å². The molecule has 7 nitrogen and oxygen atoms in total. The Balaban J connectivity index is 1.40. The second-order valence-electron chi connectivity index (χ2n) is 9.28. The molecular formula is C27H24F2N4O3. The van der Waals surface area contributed by atoms with Gasteiger partial charge in [0.1, 0.15) is 5.69 Å². The topological polar surface area (TPSA) is 67.7 Å². The van der Waals surface area contributed by atoms with Crippen LogP contribution in [0.4, 0.5) is 19.3 Å². The molecule has 0 saturated carbocycles. The maximum absolute atomic E-state index is 15.1. The first kappa shape index (κ1) is 23.7. The van der Waals surface area contributed by atoms with Gasteiger partial charge in [0.15, 0.2) is 11.6 Å². The van der Waals surface area contributed by atoms with Crippen LogP contribution >= 0.6 is 0 Å². The van der Waals surface area contributed by atoms with Crippen molar-refractivity contribution in [3.63, 3.8) is 0 Å². The van der Waals surface area contributed by atoms with Crippen LogP contribution in [0, 0.1) is 29.4 Å². The highest BCUT2D eigenvalue weighted by molar-refractivity contribution is 6.16. The molecule has 1 aromatic heterocycles. The number of rotatable bonds is 4. The Bertz CT molecular complexity index is 1370. The van der Waals surface area contributed by atoms with Gasteiger partial charge in [0.2, 0.25) is 5.91 Å². The fourth-order valence-corrected chi connectivity index (χ4v) is 4.39. The maximum Gasteiger partial charge on any atom is 0.332 e. The number of imide groups is 1. The van der Waals surface area contributed by atoms with Crippen LogP contribution in [0.15, 0.2) is 54.9 Å². The third-order valence-corrected chi connectivity index (χ3v) is 6.74. The number of amides is 3. The second-order valence-corrected chi connectivity index (χ2v) is 9.28. The molecule has 0 N–H and O–H groups in total. The molecule has 0 bridgehead atoms.